The van der Waals surface area contributed by atoms with E-state index < -0.39 is 0 Å². The molecule has 1 aliphatic rings. The van der Waals surface area contributed by atoms with Crippen molar-refractivity contribution in [1.82, 2.24) is 4.81 Å². The summed E-state index contributed by atoms with van der Waals surface area (Å²) >= 11 is 1.67. The number of imide groups is 1. The van der Waals surface area contributed by atoms with Crippen LogP contribution in [-0.4, -0.2) is 41.7 Å². The first kappa shape index (κ1) is 13.7. The molecule has 1 rings (SSSR count). The fourth-order valence-corrected chi connectivity index (χ4v) is 3.31. The van der Waals surface area contributed by atoms with Crippen molar-refractivity contribution in [1.29, 1.82) is 0 Å². The lowest BCUT2D eigenvalue weighted by Crippen LogP contribution is -2.36. The second-order valence-corrected chi connectivity index (χ2v) is 6.23. The van der Waals surface area contributed by atoms with E-state index in [1.54, 1.807) is 11.8 Å². The Morgan fingerprint density at radius 2 is 2.06 bits per heavy atom. The van der Waals surface area contributed by atoms with Crippen LogP contribution < -0.4 is 0 Å². The highest BCUT2D eigenvalue weighted by Crippen LogP contribution is 2.39. The summed E-state index contributed by atoms with van der Waals surface area (Å²) in [5.74, 6) is -0.00909. The minimum Gasteiger partial charge on any atom is -0.340 e. The molecule has 0 spiro atoms. The summed E-state index contributed by atoms with van der Waals surface area (Å²) in [4.78, 5) is 24.9. The average molecular weight is 239 g/mol. The third kappa shape index (κ3) is 2.65. The van der Waals surface area contributed by atoms with Crippen molar-refractivity contribution in [3.8, 4) is 0 Å². The fraction of sp³-hybridized carbons (Fsp3) is 0.800. The predicted molar refractivity (Wildman–Crippen MR) is 72.5 cm³/mol. The lowest BCUT2D eigenvalue weighted by atomic mass is 9.65. The second-order valence-electron chi connectivity index (χ2n) is 4.44. The van der Waals surface area contributed by atoms with Gasteiger partial charge in [-0.05, 0) is 12.8 Å². The molecule has 1 unspecified atom stereocenters. The largest absolute Gasteiger partial charge is 0.340 e. The van der Waals surface area contributed by atoms with Gasteiger partial charge in [0, 0.05) is 11.2 Å². The molecule has 0 bridgehead atoms. The van der Waals surface area contributed by atoms with Crippen LogP contribution in [0.4, 0.5) is 0 Å². The van der Waals surface area contributed by atoms with Crippen LogP contribution in [0.2, 0.25) is 0 Å². The number of hydrogen-bond donors (Lipinski definition) is 0. The Labute approximate surface area is 103 Å². The van der Waals surface area contributed by atoms with E-state index in [2.05, 4.69) is 20.8 Å². The van der Waals surface area contributed by atoms with Crippen LogP contribution in [-0.2, 0) is 9.59 Å². The molecule has 0 aromatic carbocycles. The molecule has 1 heterocycles. The molecule has 0 saturated carbocycles. The monoisotopic (exact) mass is 239 g/mol. The van der Waals surface area contributed by atoms with E-state index in [4.69, 9.17) is 0 Å². The maximum Gasteiger partial charge on any atom is 0.229 e. The SMILES string of the molecule is BBN1C(=O)CC(SC(C)(CC)CC)C1=O. The topological polar surface area (TPSA) is 37.4 Å². The van der Waals surface area contributed by atoms with E-state index in [0.717, 1.165) is 12.8 Å². The van der Waals surface area contributed by atoms with Gasteiger partial charge < -0.3 is 4.81 Å². The molecule has 6 heteroatoms. The molecule has 88 valence electrons. The normalized spacial score (nSPS) is 21.7. The van der Waals surface area contributed by atoms with Crippen molar-refractivity contribution in [2.24, 2.45) is 0 Å². The van der Waals surface area contributed by atoms with E-state index in [9.17, 15) is 9.59 Å². The number of hydrogen-bond acceptors (Lipinski definition) is 3. The highest BCUT2D eigenvalue weighted by Gasteiger charge is 2.40. The van der Waals surface area contributed by atoms with E-state index in [-0.39, 0.29) is 21.8 Å². The molecule has 1 saturated heterocycles. The maximum atomic E-state index is 11.9. The number of thioether (sulfide) groups is 1. The Hall–Kier alpha value is -0.380. The minimum absolute atomic E-state index is 0.00521. The molecule has 3 nitrogen and oxygen atoms in total. The Morgan fingerprint density at radius 1 is 1.50 bits per heavy atom. The van der Waals surface area contributed by atoms with E-state index in [1.807, 2.05) is 7.74 Å². The van der Waals surface area contributed by atoms with Crippen LogP contribution in [0.15, 0.2) is 0 Å². The summed E-state index contributed by atoms with van der Waals surface area (Å²) in [5, 5.41) is -0.155. The summed E-state index contributed by atoms with van der Waals surface area (Å²) < 4.78 is 0.115. The van der Waals surface area contributed by atoms with Crippen molar-refractivity contribution >= 4 is 38.6 Å². The minimum atomic E-state index is -0.155. The second kappa shape index (κ2) is 5.30. The summed E-state index contributed by atoms with van der Waals surface area (Å²) in [6, 6.07) is 0. The number of carbonyl (C=O) groups is 2. The number of amides is 2. The molecular weight excluding hydrogens is 220 g/mol. The highest BCUT2D eigenvalue weighted by atomic mass is 32.2. The smallest absolute Gasteiger partial charge is 0.229 e. The van der Waals surface area contributed by atoms with E-state index in [0.29, 0.717) is 13.7 Å². The van der Waals surface area contributed by atoms with Crippen LogP contribution in [0.3, 0.4) is 0 Å². The molecule has 1 fully saturated rings. The first-order chi connectivity index (χ1) is 7.47. The van der Waals surface area contributed by atoms with Crippen molar-refractivity contribution in [3.63, 3.8) is 0 Å². The summed E-state index contributed by atoms with van der Waals surface area (Å²) in [6.07, 6.45) is 2.43. The Morgan fingerprint density at radius 3 is 2.44 bits per heavy atom. The van der Waals surface area contributed by atoms with Crippen LogP contribution in [0.5, 0.6) is 0 Å². The van der Waals surface area contributed by atoms with Crippen molar-refractivity contribution in [3.05, 3.63) is 0 Å². The number of nitrogens with zero attached hydrogens (tertiary/aromatic N) is 1. The lowest BCUT2D eigenvalue weighted by molar-refractivity contribution is -0.132. The van der Waals surface area contributed by atoms with E-state index in [1.165, 1.54) is 4.81 Å². The molecule has 16 heavy (non-hydrogen) atoms. The summed E-state index contributed by atoms with van der Waals surface area (Å²) in [6.45, 7) is 6.44. The molecule has 0 radical (unpaired) electrons. The molecule has 0 aromatic heterocycles. The zero-order valence-electron chi connectivity index (χ0n) is 10.6. The summed E-state index contributed by atoms with van der Waals surface area (Å²) in [7, 11) is 2.35. The molecule has 1 aliphatic heterocycles. The van der Waals surface area contributed by atoms with Crippen molar-refractivity contribution in [2.75, 3.05) is 0 Å². The molecule has 0 aromatic rings. The van der Waals surface area contributed by atoms with Gasteiger partial charge in [0.2, 0.25) is 19.1 Å². The Kier molecular flexibility index (Phi) is 4.53. The molecule has 2 amide bonds. The van der Waals surface area contributed by atoms with Crippen LogP contribution in [0.1, 0.15) is 40.0 Å². The predicted octanol–water partition coefficient (Wildman–Crippen LogP) is 0.325. The average Bonchev–Trinajstić information content (AvgIpc) is 2.53. The van der Waals surface area contributed by atoms with Gasteiger partial charge in [-0.25, -0.2) is 0 Å². The van der Waals surface area contributed by atoms with Crippen molar-refractivity contribution < 1.29 is 9.59 Å². The molecular formula is C10H19B2NO2S. The molecule has 1 atom stereocenters. The van der Waals surface area contributed by atoms with E-state index >= 15 is 0 Å². The van der Waals surface area contributed by atoms with Gasteiger partial charge in [-0.1, -0.05) is 20.8 Å². The third-order valence-corrected chi connectivity index (χ3v) is 5.24. The standard InChI is InChI=1S/C10H19B2NO2S/c1-4-10(3,5-2)16-7-6-8(14)13(12-11)9(7)15/h7,12H,4-6,11H2,1-3H3. The lowest BCUT2D eigenvalue weighted by Gasteiger charge is -2.28. The third-order valence-electron chi connectivity index (χ3n) is 3.44. The molecule has 0 aliphatic carbocycles. The zero-order valence-corrected chi connectivity index (χ0v) is 11.4. The van der Waals surface area contributed by atoms with Gasteiger partial charge in [0.05, 0.1) is 13.0 Å². The van der Waals surface area contributed by atoms with Gasteiger partial charge in [-0.15, -0.1) is 11.8 Å². The highest BCUT2D eigenvalue weighted by molar-refractivity contribution is 8.02. The maximum absolute atomic E-state index is 11.9. The first-order valence-electron chi connectivity index (χ1n) is 5.99. The van der Waals surface area contributed by atoms with Gasteiger partial charge in [-0.2, -0.15) is 0 Å². The van der Waals surface area contributed by atoms with Crippen LogP contribution >= 0.6 is 11.8 Å². The first-order valence-corrected chi connectivity index (χ1v) is 6.87. The van der Waals surface area contributed by atoms with Gasteiger partial charge in [0.15, 0.2) is 0 Å². The van der Waals surface area contributed by atoms with Gasteiger partial charge >= 0.3 is 0 Å². The van der Waals surface area contributed by atoms with Gasteiger partial charge in [0.1, 0.15) is 0 Å². The van der Waals surface area contributed by atoms with Crippen LogP contribution in [0, 0.1) is 0 Å². The Bertz CT molecular complexity index is 295. The van der Waals surface area contributed by atoms with Crippen LogP contribution in [0.25, 0.3) is 0 Å². The number of carbonyl (C=O) groups excluding carboxylic acids is 2. The Balaban J connectivity index is 2.70. The summed E-state index contributed by atoms with van der Waals surface area (Å²) in [5.41, 5.74) is 0. The molecule has 0 N–H and O–H groups in total. The number of rotatable bonds is 5. The van der Waals surface area contributed by atoms with Gasteiger partial charge in [0.25, 0.3) is 0 Å². The van der Waals surface area contributed by atoms with Crippen molar-refractivity contribution in [2.45, 2.75) is 50.0 Å². The zero-order chi connectivity index (χ0) is 12.3. The quantitative estimate of drug-likeness (QED) is 0.512. The van der Waals surface area contributed by atoms with Gasteiger partial charge in [-0.3, -0.25) is 9.59 Å². The fourth-order valence-electron chi connectivity index (χ4n) is 1.84.